The minimum atomic E-state index is 0.0719. The topological polar surface area (TPSA) is 63.3 Å². The predicted octanol–water partition coefficient (Wildman–Crippen LogP) is 2.78. The molecule has 7 nitrogen and oxygen atoms in total. The van der Waals surface area contributed by atoms with E-state index in [4.69, 9.17) is 14.2 Å². The summed E-state index contributed by atoms with van der Waals surface area (Å²) >= 11 is 0. The third-order valence-corrected chi connectivity index (χ3v) is 5.11. The molecule has 1 N–H and O–H groups in total. The van der Waals surface area contributed by atoms with Crippen molar-refractivity contribution in [3.05, 3.63) is 42.0 Å². The van der Waals surface area contributed by atoms with Crippen molar-refractivity contribution < 1.29 is 19.0 Å². The van der Waals surface area contributed by atoms with Crippen molar-refractivity contribution >= 4 is 17.3 Å². The smallest absolute Gasteiger partial charge is 0.241 e. The van der Waals surface area contributed by atoms with Gasteiger partial charge in [-0.3, -0.25) is 4.79 Å². The number of piperazine rings is 1. The Morgan fingerprint density at radius 2 is 1.62 bits per heavy atom. The Labute approximate surface area is 172 Å². The molecule has 0 bridgehead atoms. The van der Waals surface area contributed by atoms with Gasteiger partial charge in [0.15, 0.2) is 11.5 Å². The molecule has 0 spiro atoms. The molecule has 29 heavy (non-hydrogen) atoms. The highest BCUT2D eigenvalue weighted by atomic mass is 16.5. The Bertz CT molecular complexity index is 823. The summed E-state index contributed by atoms with van der Waals surface area (Å²) in [5.74, 6) is 1.70. The lowest BCUT2D eigenvalue weighted by Crippen LogP contribution is -2.50. The number of amides is 1. The standard InChI is InChI=1S/C22H29N3O4/c1-16-6-5-7-18(12-16)24-8-10-25(11-9-24)21(26)15-23-17-13-19(27-2)22(29-4)20(14-17)28-3/h5-7,12-14,23H,8-11,15H2,1-4H3. The van der Waals surface area contributed by atoms with Crippen molar-refractivity contribution in [3.8, 4) is 17.2 Å². The van der Waals surface area contributed by atoms with E-state index in [-0.39, 0.29) is 12.5 Å². The van der Waals surface area contributed by atoms with Crippen LogP contribution in [0.5, 0.6) is 17.2 Å². The monoisotopic (exact) mass is 399 g/mol. The van der Waals surface area contributed by atoms with Crippen molar-refractivity contribution in [1.29, 1.82) is 0 Å². The van der Waals surface area contributed by atoms with Gasteiger partial charge in [-0.15, -0.1) is 0 Å². The van der Waals surface area contributed by atoms with Crippen molar-refractivity contribution in [2.24, 2.45) is 0 Å². The van der Waals surface area contributed by atoms with Crippen LogP contribution in [0.3, 0.4) is 0 Å². The van der Waals surface area contributed by atoms with E-state index in [1.165, 1.54) is 11.3 Å². The van der Waals surface area contributed by atoms with Gasteiger partial charge in [0.25, 0.3) is 0 Å². The fraction of sp³-hybridized carbons (Fsp3) is 0.409. The highest BCUT2D eigenvalue weighted by molar-refractivity contribution is 5.81. The molecule has 0 aliphatic carbocycles. The lowest BCUT2D eigenvalue weighted by atomic mass is 10.2. The normalized spacial score (nSPS) is 13.8. The molecule has 1 saturated heterocycles. The van der Waals surface area contributed by atoms with Gasteiger partial charge < -0.3 is 29.3 Å². The van der Waals surface area contributed by atoms with Gasteiger partial charge >= 0.3 is 0 Å². The van der Waals surface area contributed by atoms with Crippen LogP contribution in [0.25, 0.3) is 0 Å². The van der Waals surface area contributed by atoms with Crippen LogP contribution in [0.1, 0.15) is 5.56 Å². The molecule has 1 amide bonds. The number of ether oxygens (including phenoxy) is 3. The molecule has 1 fully saturated rings. The van der Waals surface area contributed by atoms with Gasteiger partial charge in [0.1, 0.15) is 0 Å². The average Bonchev–Trinajstić information content (AvgIpc) is 2.76. The third kappa shape index (κ3) is 4.85. The summed E-state index contributed by atoms with van der Waals surface area (Å²) < 4.78 is 16.0. The molecule has 0 unspecified atom stereocenters. The Balaban J connectivity index is 1.56. The summed E-state index contributed by atoms with van der Waals surface area (Å²) in [6.07, 6.45) is 0. The number of methoxy groups -OCH3 is 3. The summed E-state index contributed by atoms with van der Waals surface area (Å²) in [6, 6.07) is 12.1. The molecule has 2 aromatic carbocycles. The molecule has 156 valence electrons. The molecule has 7 heteroatoms. The summed E-state index contributed by atoms with van der Waals surface area (Å²) in [4.78, 5) is 16.9. The van der Waals surface area contributed by atoms with Crippen LogP contribution in [-0.4, -0.2) is 64.9 Å². The van der Waals surface area contributed by atoms with Crippen LogP contribution < -0.4 is 24.4 Å². The van der Waals surface area contributed by atoms with Crippen molar-refractivity contribution in [3.63, 3.8) is 0 Å². The van der Waals surface area contributed by atoms with Crippen LogP contribution >= 0.6 is 0 Å². The molecule has 3 rings (SSSR count). The highest BCUT2D eigenvalue weighted by Gasteiger charge is 2.21. The Hall–Kier alpha value is -3.09. The Morgan fingerprint density at radius 3 is 2.17 bits per heavy atom. The minimum Gasteiger partial charge on any atom is -0.493 e. The first kappa shape index (κ1) is 20.6. The van der Waals surface area contributed by atoms with Gasteiger partial charge in [-0.2, -0.15) is 0 Å². The molecule has 1 heterocycles. The van der Waals surface area contributed by atoms with Crippen LogP contribution in [-0.2, 0) is 4.79 Å². The molecular formula is C22H29N3O4. The van der Waals surface area contributed by atoms with Crippen LogP contribution in [0, 0.1) is 6.92 Å². The fourth-order valence-electron chi connectivity index (χ4n) is 3.51. The quantitative estimate of drug-likeness (QED) is 0.773. The summed E-state index contributed by atoms with van der Waals surface area (Å²) in [6.45, 7) is 5.40. The number of hydrogen-bond donors (Lipinski definition) is 1. The zero-order valence-corrected chi connectivity index (χ0v) is 17.5. The second kappa shape index (κ2) is 9.41. The number of benzene rings is 2. The minimum absolute atomic E-state index is 0.0719. The van der Waals surface area contributed by atoms with E-state index in [0.717, 1.165) is 18.8 Å². The third-order valence-electron chi connectivity index (χ3n) is 5.11. The maximum atomic E-state index is 12.7. The van der Waals surface area contributed by atoms with E-state index >= 15 is 0 Å². The van der Waals surface area contributed by atoms with E-state index in [1.807, 2.05) is 4.90 Å². The van der Waals surface area contributed by atoms with Crippen LogP contribution in [0.15, 0.2) is 36.4 Å². The van der Waals surface area contributed by atoms with E-state index in [9.17, 15) is 4.79 Å². The van der Waals surface area contributed by atoms with E-state index in [2.05, 4.69) is 41.4 Å². The summed E-state index contributed by atoms with van der Waals surface area (Å²) in [7, 11) is 4.70. The number of carbonyl (C=O) groups is 1. The van der Waals surface area contributed by atoms with Gasteiger partial charge in [0, 0.05) is 49.7 Å². The van der Waals surface area contributed by atoms with E-state index in [0.29, 0.717) is 30.3 Å². The van der Waals surface area contributed by atoms with Crippen LogP contribution in [0.2, 0.25) is 0 Å². The first-order chi connectivity index (χ1) is 14.0. The molecule has 0 radical (unpaired) electrons. The van der Waals surface area contributed by atoms with Gasteiger partial charge in [-0.1, -0.05) is 12.1 Å². The van der Waals surface area contributed by atoms with Gasteiger partial charge in [-0.05, 0) is 24.6 Å². The lowest BCUT2D eigenvalue weighted by Gasteiger charge is -2.36. The van der Waals surface area contributed by atoms with Crippen molar-refractivity contribution in [2.75, 3.05) is 64.3 Å². The first-order valence-electron chi connectivity index (χ1n) is 9.69. The summed E-state index contributed by atoms with van der Waals surface area (Å²) in [5.41, 5.74) is 3.20. The summed E-state index contributed by atoms with van der Waals surface area (Å²) in [5, 5.41) is 3.17. The maximum Gasteiger partial charge on any atom is 0.241 e. The number of aryl methyl sites for hydroxylation is 1. The molecule has 0 saturated carbocycles. The molecular weight excluding hydrogens is 370 g/mol. The highest BCUT2D eigenvalue weighted by Crippen LogP contribution is 2.39. The van der Waals surface area contributed by atoms with E-state index in [1.54, 1.807) is 33.5 Å². The second-order valence-electron chi connectivity index (χ2n) is 6.97. The number of nitrogens with zero attached hydrogens (tertiary/aromatic N) is 2. The zero-order valence-electron chi connectivity index (χ0n) is 17.5. The average molecular weight is 399 g/mol. The largest absolute Gasteiger partial charge is 0.493 e. The Kier molecular flexibility index (Phi) is 6.69. The molecule has 0 atom stereocenters. The number of anilines is 2. The molecule has 1 aliphatic heterocycles. The molecule has 0 aromatic heterocycles. The number of rotatable bonds is 7. The van der Waals surface area contributed by atoms with Gasteiger partial charge in [0.2, 0.25) is 11.7 Å². The number of hydrogen-bond acceptors (Lipinski definition) is 6. The van der Waals surface area contributed by atoms with Crippen molar-refractivity contribution in [1.82, 2.24) is 4.90 Å². The second-order valence-corrected chi connectivity index (χ2v) is 6.97. The first-order valence-corrected chi connectivity index (χ1v) is 9.69. The number of carbonyl (C=O) groups excluding carboxylic acids is 1. The predicted molar refractivity (Wildman–Crippen MR) is 115 cm³/mol. The lowest BCUT2D eigenvalue weighted by molar-refractivity contribution is -0.129. The Morgan fingerprint density at radius 1 is 0.966 bits per heavy atom. The van der Waals surface area contributed by atoms with E-state index < -0.39 is 0 Å². The maximum absolute atomic E-state index is 12.7. The SMILES string of the molecule is COc1cc(NCC(=O)N2CCN(c3cccc(C)c3)CC2)cc(OC)c1OC. The molecule has 2 aromatic rings. The zero-order chi connectivity index (χ0) is 20.8. The van der Waals surface area contributed by atoms with Gasteiger partial charge in [-0.25, -0.2) is 0 Å². The van der Waals surface area contributed by atoms with Crippen molar-refractivity contribution in [2.45, 2.75) is 6.92 Å². The molecule has 1 aliphatic rings. The number of nitrogens with one attached hydrogen (secondary N) is 1. The van der Waals surface area contributed by atoms with Gasteiger partial charge in [0.05, 0.1) is 27.9 Å². The van der Waals surface area contributed by atoms with Crippen LogP contribution in [0.4, 0.5) is 11.4 Å². The fourth-order valence-corrected chi connectivity index (χ4v) is 3.51.